The molecule has 10 heteroatoms. The van der Waals surface area contributed by atoms with Gasteiger partial charge in [-0.15, -0.1) is 0 Å². The maximum atomic E-state index is 12.7. The lowest BCUT2D eigenvalue weighted by Crippen LogP contribution is -2.29. The van der Waals surface area contributed by atoms with Crippen molar-refractivity contribution in [3.8, 4) is 0 Å². The first-order valence-electron chi connectivity index (χ1n) is 26.3. The summed E-state index contributed by atoms with van der Waals surface area (Å²) in [5.41, 5.74) is 5.36. The monoisotopic (exact) mass is 976 g/mol. The van der Waals surface area contributed by atoms with E-state index in [1.165, 1.54) is 0 Å². The van der Waals surface area contributed by atoms with Crippen LogP contribution < -0.4 is 5.73 Å². The van der Waals surface area contributed by atoms with E-state index in [0.29, 0.717) is 12.8 Å². The molecule has 0 spiro atoms. The van der Waals surface area contributed by atoms with Crippen molar-refractivity contribution in [2.24, 2.45) is 5.73 Å². The largest absolute Gasteiger partial charge is 0.472 e. The summed E-state index contributed by atoms with van der Waals surface area (Å²) < 4.78 is 32.9. The van der Waals surface area contributed by atoms with E-state index in [9.17, 15) is 19.0 Å². The van der Waals surface area contributed by atoms with Crippen LogP contribution in [0.3, 0.4) is 0 Å². The van der Waals surface area contributed by atoms with Crippen molar-refractivity contribution in [1.29, 1.82) is 0 Å². The lowest BCUT2D eigenvalue weighted by Gasteiger charge is -2.19. The number of ether oxygens (including phenoxy) is 2. The van der Waals surface area contributed by atoms with Crippen LogP contribution in [-0.2, 0) is 32.7 Å². The van der Waals surface area contributed by atoms with Gasteiger partial charge in [0.1, 0.15) is 6.61 Å². The van der Waals surface area contributed by atoms with Crippen molar-refractivity contribution in [2.75, 3.05) is 26.4 Å². The van der Waals surface area contributed by atoms with Crippen LogP contribution in [0.2, 0.25) is 0 Å². The zero-order chi connectivity index (χ0) is 50.2. The fourth-order valence-corrected chi connectivity index (χ4v) is 7.17. The van der Waals surface area contributed by atoms with Gasteiger partial charge in [-0.05, 0) is 116 Å². The number of allylic oxidation sites excluding steroid dienone is 24. The maximum Gasteiger partial charge on any atom is 0.472 e. The van der Waals surface area contributed by atoms with Crippen LogP contribution in [0.25, 0.3) is 0 Å². The van der Waals surface area contributed by atoms with E-state index < -0.39 is 32.5 Å². The van der Waals surface area contributed by atoms with E-state index in [-0.39, 0.29) is 32.6 Å². The molecule has 0 aliphatic heterocycles. The number of carbonyl (C=O) groups excluding carboxylic acids is 2. The summed E-state index contributed by atoms with van der Waals surface area (Å²) >= 11 is 0. The summed E-state index contributed by atoms with van der Waals surface area (Å²) in [4.78, 5) is 35.0. The molecule has 0 aliphatic rings. The van der Waals surface area contributed by atoms with E-state index >= 15 is 0 Å². The first-order valence-corrected chi connectivity index (χ1v) is 27.8. The van der Waals surface area contributed by atoms with E-state index in [2.05, 4.69) is 160 Å². The number of rotatable bonds is 47. The molecule has 0 amide bonds. The van der Waals surface area contributed by atoms with Gasteiger partial charge in [0, 0.05) is 19.4 Å². The Bertz CT molecular complexity index is 1630. The minimum Gasteiger partial charge on any atom is -0.462 e. The fraction of sp³-hybridized carbons (Fsp3) is 0.559. The van der Waals surface area contributed by atoms with Crippen LogP contribution in [0.1, 0.15) is 181 Å². The Hall–Kier alpha value is -4.11. The van der Waals surface area contributed by atoms with Gasteiger partial charge in [0.15, 0.2) is 6.10 Å². The predicted molar refractivity (Wildman–Crippen MR) is 293 cm³/mol. The lowest BCUT2D eigenvalue weighted by atomic mass is 10.1. The molecule has 388 valence electrons. The third-order valence-corrected chi connectivity index (χ3v) is 11.2. The molecule has 0 fully saturated rings. The van der Waals surface area contributed by atoms with Crippen molar-refractivity contribution in [3.63, 3.8) is 0 Å². The van der Waals surface area contributed by atoms with Crippen molar-refractivity contribution in [3.05, 3.63) is 146 Å². The molecule has 0 rings (SSSR count). The molecule has 2 atom stereocenters. The Morgan fingerprint density at radius 3 is 1.12 bits per heavy atom. The lowest BCUT2D eigenvalue weighted by molar-refractivity contribution is -0.161. The number of phosphoric acid groups is 1. The molecule has 0 bridgehead atoms. The Balaban J connectivity index is 4.13. The summed E-state index contributed by atoms with van der Waals surface area (Å²) in [6, 6.07) is 0. The Labute approximate surface area is 420 Å². The molecule has 0 radical (unpaired) electrons. The summed E-state index contributed by atoms with van der Waals surface area (Å²) in [6.45, 7) is 3.44. The van der Waals surface area contributed by atoms with E-state index in [1.54, 1.807) is 0 Å². The van der Waals surface area contributed by atoms with Crippen LogP contribution in [-0.4, -0.2) is 49.3 Å². The number of esters is 2. The molecule has 0 saturated carbocycles. The van der Waals surface area contributed by atoms with Crippen LogP contribution in [0.5, 0.6) is 0 Å². The molecule has 0 aromatic rings. The zero-order valence-corrected chi connectivity index (χ0v) is 43.9. The normalized spacial score (nSPS) is 14.3. The van der Waals surface area contributed by atoms with E-state index in [1.807, 2.05) is 0 Å². The minimum atomic E-state index is -4.40. The van der Waals surface area contributed by atoms with Gasteiger partial charge in [0.25, 0.3) is 0 Å². The van der Waals surface area contributed by atoms with Gasteiger partial charge in [0.05, 0.1) is 13.2 Å². The first kappa shape index (κ1) is 64.9. The Morgan fingerprint density at radius 2 is 0.754 bits per heavy atom. The number of phosphoric ester groups is 1. The third kappa shape index (κ3) is 53.1. The molecule has 0 aliphatic carbocycles. The van der Waals surface area contributed by atoms with E-state index in [0.717, 1.165) is 141 Å². The number of nitrogens with two attached hydrogens (primary N) is 1. The van der Waals surface area contributed by atoms with E-state index in [4.69, 9.17) is 24.3 Å². The van der Waals surface area contributed by atoms with Crippen LogP contribution in [0.15, 0.2) is 146 Å². The minimum absolute atomic E-state index is 0.0387. The van der Waals surface area contributed by atoms with Gasteiger partial charge >= 0.3 is 19.8 Å². The molecule has 69 heavy (non-hydrogen) atoms. The average Bonchev–Trinajstić information content (AvgIpc) is 3.34. The number of hydrogen-bond donors (Lipinski definition) is 2. The quantitative estimate of drug-likeness (QED) is 0.0264. The van der Waals surface area contributed by atoms with Gasteiger partial charge in [0.2, 0.25) is 0 Å². The van der Waals surface area contributed by atoms with Crippen molar-refractivity contribution < 1.29 is 37.6 Å². The molecule has 9 nitrogen and oxygen atoms in total. The summed E-state index contributed by atoms with van der Waals surface area (Å²) in [5, 5.41) is 0. The van der Waals surface area contributed by atoms with Crippen molar-refractivity contribution >= 4 is 19.8 Å². The second-order valence-corrected chi connectivity index (χ2v) is 18.1. The summed E-state index contributed by atoms with van der Waals surface area (Å²) in [6.07, 6.45) is 76.1. The predicted octanol–water partition coefficient (Wildman–Crippen LogP) is 16.4. The number of unbranched alkanes of at least 4 members (excludes halogenated alkanes) is 10. The highest BCUT2D eigenvalue weighted by Crippen LogP contribution is 2.43. The molecule has 0 aromatic carbocycles. The molecular weight excluding hydrogens is 882 g/mol. The standard InChI is InChI=1S/C59H94NO8P/c1-3-5-7-9-11-13-15-17-19-20-21-22-23-24-25-26-27-28-29-30-31-32-33-34-35-36-38-40-42-44-46-48-50-52-59(62)68-57(56-67-69(63,64)66-54-53-60)55-65-58(61)51-49-47-45-43-41-39-37-18-16-14-12-10-8-6-4-2/h5-8,11-14,17-19,21-22,24-25,27-28,30-31,33-34,36-38,57H,3-4,9-10,15-16,20,23,26,29,32,35,39-56,60H2,1-2H3,(H,63,64)/b7-5-,8-6-,13-11-,14-12-,19-17-,22-21-,25-24-,28-27-,31-30-,34-33-,37-18-,38-36-. The SMILES string of the molecule is CC/C=C\C/C=C\C/C=C\C/C=C\C/C=C\C/C=C\C/C=C\C/C=C\C/C=C\CCCCCCCC(=O)OC(COC(=O)CCCCCCC/C=C\C/C=C\C/C=C\CC)COP(=O)(O)OCCN. The van der Waals surface area contributed by atoms with Crippen LogP contribution in [0.4, 0.5) is 0 Å². The molecule has 0 heterocycles. The van der Waals surface area contributed by atoms with Crippen LogP contribution >= 0.6 is 7.82 Å². The third-order valence-electron chi connectivity index (χ3n) is 10.2. The van der Waals surface area contributed by atoms with Gasteiger partial charge in [-0.2, -0.15) is 0 Å². The highest BCUT2D eigenvalue weighted by molar-refractivity contribution is 7.47. The molecule has 0 saturated heterocycles. The molecule has 3 N–H and O–H groups in total. The Kier molecular flexibility index (Phi) is 50.1. The molecule has 0 aromatic heterocycles. The average molecular weight is 976 g/mol. The summed E-state index contributed by atoms with van der Waals surface area (Å²) in [5.74, 6) is -0.885. The van der Waals surface area contributed by atoms with Gasteiger partial charge in [-0.25, -0.2) is 4.57 Å². The van der Waals surface area contributed by atoms with Crippen molar-refractivity contribution in [1.82, 2.24) is 0 Å². The van der Waals surface area contributed by atoms with Gasteiger partial charge in [-0.3, -0.25) is 18.6 Å². The second-order valence-electron chi connectivity index (χ2n) is 16.6. The molecule has 2 unspecified atom stereocenters. The van der Waals surface area contributed by atoms with Crippen LogP contribution in [0, 0.1) is 0 Å². The number of carbonyl (C=O) groups is 2. The highest BCUT2D eigenvalue weighted by atomic mass is 31.2. The van der Waals surface area contributed by atoms with Gasteiger partial charge < -0.3 is 20.1 Å². The molecular formula is C59H94NO8P. The highest BCUT2D eigenvalue weighted by Gasteiger charge is 2.26. The second kappa shape index (κ2) is 53.2. The maximum absolute atomic E-state index is 12.7. The Morgan fingerprint density at radius 1 is 0.435 bits per heavy atom. The smallest absolute Gasteiger partial charge is 0.462 e. The number of hydrogen-bond acceptors (Lipinski definition) is 8. The summed E-state index contributed by atoms with van der Waals surface area (Å²) in [7, 11) is -4.40. The van der Waals surface area contributed by atoms with Crippen molar-refractivity contribution in [2.45, 2.75) is 187 Å². The van der Waals surface area contributed by atoms with Gasteiger partial charge in [-0.1, -0.05) is 198 Å². The fourth-order valence-electron chi connectivity index (χ4n) is 6.40. The first-order chi connectivity index (χ1) is 33.8. The zero-order valence-electron chi connectivity index (χ0n) is 43.0. The topological polar surface area (TPSA) is 134 Å².